The molecule has 82 valence electrons. The highest BCUT2D eigenvalue weighted by Gasteiger charge is 2.10. The van der Waals surface area contributed by atoms with Gasteiger partial charge in [-0.15, -0.1) is 0 Å². The van der Waals surface area contributed by atoms with Gasteiger partial charge in [-0.2, -0.15) is 0 Å². The quantitative estimate of drug-likeness (QED) is 0.490. The van der Waals surface area contributed by atoms with Gasteiger partial charge < -0.3 is 4.98 Å². The van der Waals surface area contributed by atoms with E-state index in [2.05, 4.69) is 9.97 Å². The largest absolute Gasteiger partial charge is 0.339 e. The number of hydrogen-bond acceptors (Lipinski definition) is 1. The molecule has 0 spiro atoms. The Bertz CT molecular complexity index is 857. The van der Waals surface area contributed by atoms with Crippen molar-refractivity contribution in [2.75, 3.05) is 0 Å². The topological polar surface area (TPSA) is 33.1 Å². The number of imidazole rings is 1. The highest BCUT2D eigenvalue weighted by atomic mass is 19.1. The van der Waals surface area contributed by atoms with Crippen molar-refractivity contribution < 1.29 is 4.39 Å². The van der Waals surface area contributed by atoms with Gasteiger partial charge in [0.05, 0.1) is 0 Å². The molecular formula is C13H8FN3. The number of rotatable bonds is 0. The Kier molecular flexibility index (Phi) is 1.47. The predicted octanol–water partition coefficient (Wildman–Crippen LogP) is 3.11. The number of nitrogens with one attached hydrogen (secondary N) is 1. The summed E-state index contributed by atoms with van der Waals surface area (Å²) in [5.74, 6) is -0.269. The highest BCUT2D eigenvalue weighted by molar-refractivity contribution is 6.05. The Morgan fingerprint density at radius 3 is 3.00 bits per heavy atom. The number of benzene rings is 1. The molecule has 0 saturated carbocycles. The lowest BCUT2D eigenvalue weighted by Gasteiger charge is -1.93. The fourth-order valence-electron chi connectivity index (χ4n) is 2.25. The normalized spacial score (nSPS) is 11.8. The second kappa shape index (κ2) is 2.85. The van der Waals surface area contributed by atoms with Gasteiger partial charge in [0, 0.05) is 23.2 Å². The first kappa shape index (κ1) is 8.75. The van der Waals surface area contributed by atoms with Crippen LogP contribution in [0.15, 0.2) is 42.6 Å². The van der Waals surface area contributed by atoms with E-state index in [4.69, 9.17) is 0 Å². The number of fused-ring (bicyclic) bond motifs is 5. The minimum atomic E-state index is -0.269. The number of halogens is 1. The Morgan fingerprint density at radius 1 is 1.18 bits per heavy atom. The molecule has 0 bridgehead atoms. The molecule has 3 nitrogen and oxygen atoms in total. The molecule has 0 unspecified atom stereocenters. The van der Waals surface area contributed by atoms with Gasteiger partial charge in [0.15, 0.2) is 0 Å². The molecule has 0 aliphatic rings. The molecular weight excluding hydrogens is 217 g/mol. The van der Waals surface area contributed by atoms with Crippen LogP contribution in [0.1, 0.15) is 0 Å². The van der Waals surface area contributed by atoms with Crippen LogP contribution in [0.2, 0.25) is 0 Å². The van der Waals surface area contributed by atoms with E-state index in [1.165, 1.54) is 12.1 Å². The molecule has 0 aliphatic carbocycles. The van der Waals surface area contributed by atoms with Crippen molar-refractivity contribution in [2.24, 2.45) is 0 Å². The van der Waals surface area contributed by atoms with Gasteiger partial charge in [0.2, 0.25) is 0 Å². The van der Waals surface area contributed by atoms with Crippen LogP contribution >= 0.6 is 0 Å². The van der Waals surface area contributed by atoms with Crippen molar-refractivity contribution in [3.63, 3.8) is 0 Å². The van der Waals surface area contributed by atoms with Crippen LogP contribution < -0.4 is 0 Å². The smallest absolute Gasteiger partial charge is 0.143 e. The van der Waals surface area contributed by atoms with E-state index >= 15 is 0 Å². The monoisotopic (exact) mass is 225 g/mol. The molecule has 0 amide bonds. The third-order valence-electron chi connectivity index (χ3n) is 3.02. The molecule has 4 heteroatoms. The minimum absolute atomic E-state index is 0.269. The summed E-state index contributed by atoms with van der Waals surface area (Å²) in [4.78, 5) is 7.75. The van der Waals surface area contributed by atoms with Crippen LogP contribution in [0.4, 0.5) is 4.39 Å². The summed E-state index contributed by atoms with van der Waals surface area (Å²) in [7, 11) is 0. The molecule has 4 aromatic rings. The molecule has 0 saturated heterocycles. The number of aromatic nitrogens is 3. The lowest BCUT2D eigenvalue weighted by atomic mass is 10.2. The zero-order valence-corrected chi connectivity index (χ0v) is 8.81. The van der Waals surface area contributed by atoms with E-state index in [0.29, 0.717) is 5.65 Å². The maximum Gasteiger partial charge on any atom is 0.143 e. The average Bonchev–Trinajstić information content (AvgIpc) is 2.84. The molecule has 0 aliphatic heterocycles. The van der Waals surface area contributed by atoms with Gasteiger partial charge in [-0.1, -0.05) is 18.2 Å². The molecule has 3 heterocycles. The first-order valence-corrected chi connectivity index (χ1v) is 5.37. The Hall–Kier alpha value is -2.36. The fraction of sp³-hybridized carbons (Fsp3) is 0. The summed E-state index contributed by atoms with van der Waals surface area (Å²) >= 11 is 0. The molecule has 1 aromatic carbocycles. The van der Waals surface area contributed by atoms with Gasteiger partial charge in [-0.25, -0.2) is 9.37 Å². The fourth-order valence-corrected chi connectivity index (χ4v) is 2.25. The second-order valence-corrected chi connectivity index (χ2v) is 4.05. The average molecular weight is 225 g/mol. The summed E-state index contributed by atoms with van der Waals surface area (Å²) in [5, 5.41) is 1.06. The van der Waals surface area contributed by atoms with E-state index in [1.807, 2.05) is 28.7 Å². The summed E-state index contributed by atoms with van der Waals surface area (Å²) < 4.78 is 15.0. The number of H-pyrrole nitrogens is 1. The Labute approximate surface area is 95.5 Å². The SMILES string of the molecule is Fc1ccn2c(c1)nc1c3ccccc3[nH]c12. The van der Waals surface area contributed by atoms with Crippen LogP contribution in [0, 0.1) is 5.82 Å². The van der Waals surface area contributed by atoms with Crippen molar-refractivity contribution >= 4 is 27.7 Å². The maximum absolute atomic E-state index is 13.1. The first-order valence-electron chi connectivity index (χ1n) is 5.37. The van der Waals surface area contributed by atoms with E-state index in [9.17, 15) is 4.39 Å². The van der Waals surface area contributed by atoms with Crippen molar-refractivity contribution in [1.82, 2.24) is 14.4 Å². The molecule has 17 heavy (non-hydrogen) atoms. The van der Waals surface area contributed by atoms with Gasteiger partial charge in [0.1, 0.15) is 22.6 Å². The van der Waals surface area contributed by atoms with Crippen LogP contribution in [-0.2, 0) is 0 Å². The Balaban J connectivity index is 2.29. The standard InChI is InChI=1S/C13H8FN3/c14-8-5-6-17-11(7-8)16-12-9-3-1-2-4-10(9)15-13(12)17/h1-7,15H. The van der Waals surface area contributed by atoms with E-state index in [0.717, 1.165) is 22.1 Å². The van der Waals surface area contributed by atoms with Crippen LogP contribution in [0.25, 0.3) is 27.7 Å². The van der Waals surface area contributed by atoms with Gasteiger partial charge in [-0.3, -0.25) is 4.40 Å². The molecule has 3 aromatic heterocycles. The molecule has 1 N–H and O–H groups in total. The lowest BCUT2D eigenvalue weighted by molar-refractivity contribution is 0.626. The van der Waals surface area contributed by atoms with Crippen LogP contribution in [-0.4, -0.2) is 14.4 Å². The predicted molar refractivity (Wildman–Crippen MR) is 64.5 cm³/mol. The summed E-state index contributed by atoms with van der Waals surface area (Å²) in [5.41, 5.74) is 3.45. The Morgan fingerprint density at radius 2 is 2.06 bits per heavy atom. The highest BCUT2D eigenvalue weighted by Crippen LogP contribution is 2.25. The van der Waals surface area contributed by atoms with E-state index in [-0.39, 0.29) is 5.82 Å². The second-order valence-electron chi connectivity index (χ2n) is 4.05. The van der Waals surface area contributed by atoms with Crippen molar-refractivity contribution in [1.29, 1.82) is 0 Å². The minimum Gasteiger partial charge on any atom is -0.339 e. The number of hydrogen-bond donors (Lipinski definition) is 1. The zero-order chi connectivity index (χ0) is 11.4. The summed E-state index contributed by atoms with van der Waals surface area (Å²) in [6.45, 7) is 0. The van der Waals surface area contributed by atoms with Gasteiger partial charge in [0.25, 0.3) is 0 Å². The van der Waals surface area contributed by atoms with E-state index in [1.54, 1.807) is 6.20 Å². The lowest BCUT2D eigenvalue weighted by Crippen LogP contribution is -1.85. The first-order chi connectivity index (χ1) is 8.33. The van der Waals surface area contributed by atoms with Gasteiger partial charge in [-0.05, 0) is 12.1 Å². The third kappa shape index (κ3) is 1.07. The van der Waals surface area contributed by atoms with Gasteiger partial charge >= 0.3 is 0 Å². The summed E-state index contributed by atoms with van der Waals surface area (Å²) in [6, 6.07) is 10.8. The maximum atomic E-state index is 13.1. The molecule has 0 radical (unpaired) electrons. The number of para-hydroxylation sites is 1. The van der Waals surface area contributed by atoms with Crippen molar-refractivity contribution in [3.05, 3.63) is 48.4 Å². The van der Waals surface area contributed by atoms with Crippen LogP contribution in [0.3, 0.4) is 0 Å². The molecule has 0 atom stereocenters. The third-order valence-corrected chi connectivity index (χ3v) is 3.02. The molecule has 4 rings (SSSR count). The zero-order valence-electron chi connectivity index (χ0n) is 8.81. The number of pyridine rings is 1. The number of aromatic amines is 1. The van der Waals surface area contributed by atoms with E-state index < -0.39 is 0 Å². The van der Waals surface area contributed by atoms with Crippen LogP contribution in [0.5, 0.6) is 0 Å². The van der Waals surface area contributed by atoms with Crippen molar-refractivity contribution in [3.8, 4) is 0 Å². The summed E-state index contributed by atoms with van der Waals surface area (Å²) in [6.07, 6.45) is 1.69. The number of nitrogens with zero attached hydrogens (tertiary/aromatic N) is 2. The van der Waals surface area contributed by atoms with Crippen molar-refractivity contribution in [2.45, 2.75) is 0 Å². The molecule has 0 fully saturated rings.